The Bertz CT molecular complexity index is 419. The fourth-order valence-corrected chi connectivity index (χ4v) is 2.11. The van der Waals surface area contributed by atoms with Gasteiger partial charge in [-0.15, -0.1) is 0 Å². The Hall–Kier alpha value is -1.42. The van der Waals surface area contributed by atoms with Gasteiger partial charge < -0.3 is 10.2 Å². The fourth-order valence-electron chi connectivity index (χ4n) is 2.11. The smallest absolute Gasteiger partial charge is 0.244 e. The molecule has 1 aliphatic heterocycles. The van der Waals surface area contributed by atoms with Gasteiger partial charge in [-0.3, -0.25) is 4.79 Å². The van der Waals surface area contributed by atoms with Crippen LogP contribution in [0.4, 0.5) is 10.1 Å². The molecule has 1 aromatic carbocycles. The molecule has 0 saturated carbocycles. The number of hydrogen-bond donors (Lipinski definition) is 1. The van der Waals surface area contributed by atoms with Crippen molar-refractivity contribution in [2.45, 2.75) is 19.4 Å². The molecule has 1 atom stereocenters. The van der Waals surface area contributed by atoms with Gasteiger partial charge in [0.25, 0.3) is 0 Å². The van der Waals surface area contributed by atoms with Crippen molar-refractivity contribution in [3.8, 4) is 0 Å². The molecule has 3 nitrogen and oxygen atoms in total. The van der Waals surface area contributed by atoms with Crippen LogP contribution in [0, 0.1) is 12.7 Å². The Morgan fingerprint density at radius 3 is 2.81 bits per heavy atom. The lowest BCUT2D eigenvalue weighted by Crippen LogP contribution is -2.36. The second kappa shape index (κ2) is 4.22. The van der Waals surface area contributed by atoms with E-state index < -0.39 is 0 Å². The highest BCUT2D eigenvalue weighted by Crippen LogP contribution is 2.25. The zero-order valence-corrected chi connectivity index (χ0v) is 9.46. The number of amides is 1. The summed E-state index contributed by atoms with van der Waals surface area (Å²) in [6.45, 7) is 2.51. The number of hydrogen-bond acceptors (Lipinski definition) is 2. The molecule has 0 spiro atoms. The van der Waals surface area contributed by atoms with E-state index in [0.717, 1.165) is 17.7 Å². The first-order valence-electron chi connectivity index (χ1n) is 5.38. The van der Waals surface area contributed by atoms with Crippen LogP contribution in [0.2, 0.25) is 0 Å². The molecule has 0 aliphatic carbocycles. The molecule has 1 N–H and O–H groups in total. The van der Waals surface area contributed by atoms with Crippen LogP contribution in [0.1, 0.15) is 12.0 Å². The van der Waals surface area contributed by atoms with Crippen molar-refractivity contribution in [1.82, 2.24) is 5.32 Å². The highest BCUT2D eigenvalue weighted by Gasteiger charge is 2.31. The van der Waals surface area contributed by atoms with Crippen molar-refractivity contribution < 1.29 is 9.18 Å². The number of carbonyl (C=O) groups is 1. The SMILES string of the molecule is CNC1CCN(c2ccc(F)cc2C)C1=O. The minimum atomic E-state index is -0.266. The van der Waals surface area contributed by atoms with Gasteiger partial charge >= 0.3 is 0 Å². The number of likely N-dealkylation sites (N-methyl/N-ethyl adjacent to an activating group) is 1. The van der Waals surface area contributed by atoms with Gasteiger partial charge in [0.2, 0.25) is 5.91 Å². The predicted molar refractivity (Wildman–Crippen MR) is 61.0 cm³/mol. The summed E-state index contributed by atoms with van der Waals surface area (Å²) in [6.07, 6.45) is 0.798. The number of aryl methyl sites for hydroxylation is 1. The third-order valence-electron chi connectivity index (χ3n) is 3.00. The first kappa shape index (κ1) is 11.1. The van der Waals surface area contributed by atoms with E-state index in [2.05, 4.69) is 5.32 Å². The highest BCUT2D eigenvalue weighted by molar-refractivity contribution is 5.99. The number of nitrogens with one attached hydrogen (secondary N) is 1. The highest BCUT2D eigenvalue weighted by atomic mass is 19.1. The molecule has 86 valence electrons. The molecule has 1 unspecified atom stereocenters. The summed E-state index contributed by atoms with van der Waals surface area (Å²) in [6, 6.07) is 4.41. The molecule has 1 aliphatic rings. The second-order valence-corrected chi connectivity index (χ2v) is 4.05. The van der Waals surface area contributed by atoms with Crippen molar-refractivity contribution >= 4 is 11.6 Å². The summed E-state index contributed by atoms with van der Waals surface area (Å²) >= 11 is 0. The van der Waals surface area contributed by atoms with Gasteiger partial charge in [-0.05, 0) is 44.2 Å². The van der Waals surface area contributed by atoms with Crippen LogP contribution in [0.5, 0.6) is 0 Å². The maximum atomic E-state index is 13.0. The van der Waals surface area contributed by atoms with E-state index in [-0.39, 0.29) is 17.8 Å². The van der Waals surface area contributed by atoms with Crippen molar-refractivity contribution in [1.29, 1.82) is 0 Å². The molecule has 0 bridgehead atoms. The summed E-state index contributed by atoms with van der Waals surface area (Å²) in [5.41, 5.74) is 1.61. The Balaban J connectivity index is 2.29. The topological polar surface area (TPSA) is 32.3 Å². The predicted octanol–water partition coefficient (Wildman–Crippen LogP) is 1.46. The minimum Gasteiger partial charge on any atom is -0.311 e. The van der Waals surface area contributed by atoms with Gasteiger partial charge in [-0.1, -0.05) is 0 Å². The molecule has 1 amide bonds. The first-order valence-corrected chi connectivity index (χ1v) is 5.38. The standard InChI is InChI=1S/C12H15FN2O/c1-8-7-9(13)3-4-11(8)15-6-5-10(14-2)12(15)16/h3-4,7,10,14H,5-6H2,1-2H3. The quantitative estimate of drug-likeness (QED) is 0.821. The first-order chi connectivity index (χ1) is 7.63. The minimum absolute atomic E-state index is 0.0669. The molecule has 1 fully saturated rings. The van der Waals surface area contributed by atoms with Gasteiger partial charge in [0, 0.05) is 12.2 Å². The molecule has 4 heteroatoms. The summed E-state index contributed by atoms with van der Waals surface area (Å²) in [5.74, 6) is -0.199. The third kappa shape index (κ3) is 1.80. The summed E-state index contributed by atoms with van der Waals surface area (Å²) in [4.78, 5) is 13.7. The molecule has 1 saturated heterocycles. The number of benzene rings is 1. The van der Waals surface area contributed by atoms with E-state index in [1.165, 1.54) is 12.1 Å². The van der Waals surface area contributed by atoms with Gasteiger partial charge in [-0.2, -0.15) is 0 Å². The van der Waals surface area contributed by atoms with Gasteiger partial charge in [0.05, 0.1) is 6.04 Å². The number of carbonyl (C=O) groups excluding carboxylic acids is 1. The van der Waals surface area contributed by atoms with Crippen LogP contribution in [0.15, 0.2) is 18.2 Å². The van der Waals surface area contributed by atoms with Crippen molar-refractivity contribution in [2.75, 3.05) is 18.5 Å². The average molecular weight is 222 g/mol. The Morgan fingerprint density at radius 1 is 1.50 bits per heavy atom. The monoisotopic (exact) mass is 222 g/mol. The summed E-state index contributed by atoms with van der Waals surface area (Å²) in [5, 5.41) is 2.98. The second-order valence-electron chi connectivity index (χ2n) is 4.05. The van der Waals surface area contributed by atoms with Crippen molar-refractivity contribution in [3.05, 3.63) is 29.6 Å². The lowest BCUT2D eigenvalue weighted by Gasteiger charge is -2.19. The van der Waals surface area contributed by atoms with Crippen LogP contribution >= 0.6 is 0 Å². The summed E-state index contributed by atoms with van der Waals surface area (Å²) < 4.78 is 13.0. The average Bonchev–Trinajstić information content (AvgIpc) is 2.60. The van der Waals surface area contributed by atoms with E-state index in [0.29, 0.717) is 6.54 Å². The largest absolute Gasteiger partial charge is 0.311 e. The number of rotatable bonds is 2. The van der Waals surface area contributed by atoms with E-state index in [1.807, 2.05) is 6.92 Å². The van der Waals surface area contributed by atoms with E-state index >= 15 is 0 Å². The lowest BCUT2D eigenvalue weighted by atomic mass is 10.2. The zero-order valence-electron chi connectivity index (χ0n) is 9.46. The molecule has 2 rings (SSSR count). The molecule has 1 heterocycles. The Morgan fingerprint density at radius 2 is 2.25 bits per heavy atom. The zero-order chi connectivity index (χ0) is 11.7. The maximum Gasteiger partial charge on any atom is 0.244 e. The van der Waals surface area contributed by atoms with Crippen LogP contribution in [0.25, 0.3) is 0 Å². The lowest BCUT2D eigenvalue weighted by molar-refractivity contribution is -0.118. The van der Waals surface area contributed by atoms with Gasteiger partial charge in [-0.25, -0.2) is 4.39 Å². The fraction of sp³-hybridized carbons (Fsp3) is 0.417. The molecular weight excluding hydrogens is 207 g/mol. The number of anilines is 1. The van der Waals surface area contributed by atoms with Crippen LogP contribution in [0.3, 0.4) is 0 Å². The van der Waals surface area contributed by atoms with Crippen molar-refractivity contribution in [3.63, 3.8) is 0 Å². The van der Waals surface area contributed by atoms with Crippen molar-refractivity contribution in [2.24, 2.45) is 0 Å². The van der Waals surface area contributed by atoms with Gasteiger partial charge in [0.1, 0.15) is 5.82 Å². The molecule has 0 radical (unpaired) electrons. The Labute approximate surface area is 94.3 Å². The third-order valence-corrected chi connectivity index (χ3v) is 3.00. The van der Waals surface area contributed by atoms with E-state index in [4.69, 9.17) is 0 Å². The van der Waals surface area contributed by atoms with Crippen LogP contribution < -0.4 is 10.2 Å². The normalized spacial score (nSPS) is 20.6. The van der Waals surface area contributed by atoms with Crippen LogP contribution in [-0.2, 0) is 4.79 Å². The molecular formula is C12H15FN2O. The van der Waals surface area contributed by atoms with E-state index in [9.17, 15) is 9.18 Å². The summed E-state index contributed by atoms with van der Waals surface area (Å²) in [7, 11) is 1.78. The maximum absolute atomic E-state index is 13.0. The molecule has 1 aromatic rings. The Kier molecular flexibility index (Phi) is 2.92. The number of nitrogens with zero attached hydrogens (tertiary/aromatic N) is 1. The van der Waals surface area contributed by atoms with Gasteiger partial charge in [0.15, 0.2) is 0 Å². The van der Waals surface area contributed by atoms with E-state index in [1.54, 1.807) is 18.0 Å². The van der Waals surface area contributed by atoms with Crippen LogP contribution in [-0.4, -0.2) is 25.5 Å². The number of halogens is 1. The molecule has 16 heavy (non-hydrogen) atoms. The molecule has 0 aromatic heterocycles.